The summed E-state index contributed by atoms with van der Waals surface area (Å²) < 4.78 is 5.18. The standard InChI is InChI=1S/C21H27N3O5/c1-14-8-3-4-9-16(14)22-18(26)15(2)29-17(25)10-7-13-24-19(27)21(23-20(24)28)11-5-6-12-21/h3-4,8-9,15H,5-7,10-13H2,1-2H3,(H,22,26)(H,23,28)/t15-/m1/s1. The molecule has 2 aliphatic rings. The fraction of sp³-hybridized carbons (Fsp3) is 0.524. The van der Waals surface area contributed by atoms with Crippen molar-refractivity contribution in [3.8, 4) is 0 Å². The highest BCUT2D eigenvalue weighted by molar-refractivity contribution is 6.07. The molecular formula is C21H27N3O5. The van der Waals surface area contributed by atoms with Gasteiger partial charge in [0.05, 0.1) is 0 Å². The summed E-state index contributed by atoms with van der Waals surface area (Å²) in [7, 11) is 0. The van der Waals surface area contributed by atoms with Crippen LogP contribution in [0.3, 0.4) is 0 Å². The molecule has 0 unspecified atom stereocenters. The first-order chi connectivity index (χ1) is 13.8. The summed E-state index contributed by atoms with van der Waals surface area (Å²) in [6, 6.07) is 6.93. The second-order valence-electron chi connectivity index (χ2n) is 7.72. The number of carbonyl (C=O) groups is 4. The highest BCUT2D eigenvalue weighted by atomic mass is 16.5. The number of hydrogen-bond acceptors (Lipinski definition) is 5. The van der Waals surface area contributed by atoms with Gasteiger partial charge in [0.1, 0.15) is 5.54 Å². The molecule has 4 amide bonds. The van der Waals surface area contributed by atoms with Crippen LogP contribution in [-0.2, 0) is 19.1 Å². The average Bonchev–Trinajstić information content (AvgIpc) is 3.24. The van der Waals surface area contributed by atoms with Crippen molar-refractivity contribution in [2.75, 3.05) is 11.9 Å². The van der Waals surface area contributed by atoms with Gasteiger partial charge in [0, 0.05) is 18.7 Å². The van der Waals surface area contributed by atoms with Crippen LogP contribution in [0.25, 0.3) is 0 Å². The van der Waals surface area contributed by atoms with Gasteiger partial charge in [0.15, 0.2) is 6.10 Å². The van der Waals surface area contributed by atoms with Gasteiger partial charge in [-0.25, -0.2) is 4.79 Å². The maximum atomic E-state index is 12.6. The van der Waals surface area contributed by atoms with Crippen LogP contribution in [0.4, 0.5) is 10.5 Å². The van der Waals surface area contributed by atoms with E-state index in [9.17, 15) is 19.2 Å². The highest BCUT2D eigenvalue weighted by Gasteiger charge is 2.52. The van der Waals surface area contributed by atoms with E-state index in [1.54, 1.807) is 6.07 Å². The number of benzene rings is 1. The van der Waals surface area contributed by atoms with Gasteiger partial charge in [0.2, 0.25) is 0 Å². The Morgan fingerprint density at radius 1 is 1.24 bits per heavy atom. The van der Waals surface area contributed by atoms with Crippen molar-refractivity contribution in [2.45, 2.75) is 64.0 Å². The largest absolute Gasteiger partial charge is 0.453 e. The number of ether oxygens (including phenoxy) is 1. The van der Waals surface area contributed by atoms with Crippen molar-refractivity contribution in [1.29, 1.82) is 0 Å². The minimum atomic E-state index is -0.944. The van der Waals surface area contributed by atoms with Gasteiger partial charge in [-0.3, -0.25) is 19.3 Å². The van der Waals surface area contributed by atoms with Gasteiger partial charge >= 0.3 is 12.0 Å². The van der Waals surface area contributed by atoms with Crippen molar-refractivity contribution in [3.05, 3.63) is 29.8 Å². The molecule has 1 atom stereocenters. The van der Waals surface area contributed by atoms with E-state index in [-0.39, 0.29) is 18.9 Å². The molecule has 156 valence electrons. The summed E-state index contributed by atoms with van der Waals surface area (Å²) in [4.78, 5) is 50.1. The highest BCUT2D eigenvalue weighted by Crippen LogP contribution is 2.35. The molecule has 8 nitrogen and oxygen atoms in total. The fourth-order valence-corrected chi connectivity index (χ4v) is 3.84. The molecule has 1 saturated carbocycles. The second kappa shape index (κ2) is 8.63. The molecule has 1 aliphatic heterocycles. The first-order valence-corrected chi connectivity index (χ1v) is 10.0. The average molecular weight is 401 g/mol. The van der Waals surface area contributed by atoms with E-state index in [1.807, 2.05) is 25.1 Å². The summed E-state index contributed by atoms with van der Waals surface area (Å²) in [5, 5.41) is 5.54. The van der Waals surface area contributed by atoms with Crippen LogP contribution in [-0.4, -0.2) is 46.9 Å². The molecule has 8 heteroatoms. The normalized spacial score (nSPS) is 18.6. The number of amides is 4. The van der Waals surface area contributed by atoms with Gasteiger partial charge in [0.25, 0.3) is 11.8 Å². The minimum Gasteiger partial charge on any atom is -0.453 e. The van der Waals surface area contributed by atoms with Gasteiger partial charge in [-0.1, -0.05) is 31.0 Å². The lowest BCUT2D eigenvalue weighted by Crippen LogP contribution is -2.44. The summed E-state index contributed by atoms with van der Waals surface area (Å²) in [5.74, 6) is -1.15. The summed E-state index contributed by atoms with van der Waals surface area (Å²) in [5.41, 5.74) is 0.840. The smallest absolute Gasteiger partial charge is 0.325 e. The van der Waals surface area contributed by atoms with Crippen molar-refractivity contribution in [1.82, 2.24) is 10.2 Å². The molecule has 1 saturated heterocycles. The lowest BCUT2D eigenvalue weighted by atomic mass is 9.98. The van der Waals surface area contributed by atoms with E-state index in [0.29, 0.717) is 24.9 Å². The van der Waals surface area contributed by atoms with Crippen LogP contribution < -0.4 is 10.6 Å². The molecule has 29 heavy (non-hydrogen) atoms. The predicted octanol–water partition coefficient (Wildman–Crippen LogP) is 2.51. The number of hydrogen-bond donors (Lipinski definition) is 2. The summed E-state index contributed by atoms with van der Waals surface area (Å²) in [6.45, 7) is 3.54. The van der Waals surface area contributed by atoms with Crippen LogP contribution >= 0.6 is 0 Å². The van der Waals surface area contributed by atoms with E-state index >= 15 is 0 Å². The molecule has 2 fully saturated rings. The molecular weight excluding hydrogens is 374 g/mol. The van der Waals surface area contributed by atoms with Gasteiger partial charge in [-0.05, 0) is 44.7 Å². The van der Waals surface area contributed by atoms with E-state index in [1.165, 1.54) is 11.8 Å². The van der Waals surface area contributed by atoms with Gasteiger partial charge < -0.3 is 15.4 Å². The van der Waals surface area contributed by atoms with Gasteiger partial charge in [-0.15, -0.1) is 0 Å². The Labute approximate surface area is 170 Å². The maximum Gasteiger partial charge on any atom is 0.325 e. The number of anilines is 1. The Bertz CT molecular complexity index is 816. The van der Waals surface area contributed by atoms with Crippen LogP contribution in [0.1, 0.15) is 51.0 Å². The molecule has 1 aromatic carbocycles. The zero-order chi connectivity index (χ0) is 21.0. The van der Waals surface area contributed by atoms with Crippen molar-refractivity contribution >= 4 is 29.5 Å². The van der Waals surface area contributed by atoms with E-state index < -0.39 is 29.6 Å². The molecule has 3 rings (SSSR count). The Kier molecular flexibility index (Phi) is 6.20. The van der Waals surface area contributed by atoms with E-state index in [2.05, 4.69) is 10.6 Å². The number of para-hydroxylation sites is 1. The second-order valence-corrected chi connectivity index (χ2v) is 7.72. The zero-order valence-corrected chi connectivity index (χ0v) is 16.8. The Morgan fingerprint density at radius 3 is 2.62 bits per heavy atom. The SMILES string of the molecule is Cc1ccccc1NC(=O)[C@@H](C)OC(=O)CCCN1C(=O)NC2(CCCC2)C1=O. The molecule has 1 heterocycles. The molecule has 1 spiro atoms. The molecule has 0 radical (unpaired) electrons. The van der Waals surface area contributed by atoms with Crippen LogP contribution in [0.15, 0.2) is 24.3 Å². The number of urea groups is 1. The quantitative estimate of drug-likeness (QED) is 0.540. The summed E-state index contributed by atoms with van der Waals surface area (Å²) in [6.07, 6.45) is 2.56. The predicted molar refractivity (Wildman–Crippen MR) is 106 cm³/mol. The molecule has 0 bridgehead atoms. The fourth-order valence-electron chi connectivity index (χ4n) is 3.84. The molecule has 0 aromatic heterocycles. The van der Waals surface area contributed by atoms with E-state index in [4.69, 9.17) is 4.74 Å². The lowest BCUT2D eigenvalue weighted by Gasteiger charge is -2.20. The Morgan fingerprint density at radius 2 is 1.93 bits per heavy atom. The van der Waals surface area contributed by atoms with Crippen molar-refractivity contribution < 1.29 is 23.9 Å². The minimum absolute atomic E-state index is 0.0199. The molecule has 1 aromatic rings. The third-order valence-corrected chi connectivity index (χ3v) is 5.55. The Balaban J connectivity index is 1.43. The topological polar surface area (TPSA) is 105 Å². The van der Waals surface area contributed by atoms with E-state index in [0.717, 1.165) is 18.4 Å². The molecule has 1 aliphatic carbocycles. The summed E-state index contributed by atoms with van der Waals surface area (Å²) >= 11 is 0. The Hall–Kier alpha value is -2.90. The van der Waals surface area contributed by atoms with Crippen LogP contribution in [0.2, 0.25) is 0 Å². The number of rotatable bonds is 7. The number of carbonyl (C=O) groups excluding carboxylic acids is 4. The molecule has 2 N–H and O–H groups in total. The maximum absolute atomic E-state index is 12.6. The van der Waals surface area contributed by atoms with Gasteiger partial charge in [-0.2, -0.15) is 0 Å². The lowest BCUT2D eigenvalue weighted by molar-refractivity contribution is -0.153. The third-order valence-electron chi connectivity index (χ3n) is 5.55. The first-order valence-electron chi connectivity index (χ1n) is 10.0. The van der Waals surface area contributed by atoms with Crippen molar-refractivity contribution in [3.63, 3.8) is 0 Å². The number of nitrogens with zero attached hydrogens (tertiary/aromatic N) is 1. The number of imide groups is 1. The first kappa shape index (κ1) is 20.8. The third kappa shape index (κ3) is 4.58. The number of nitrogens with one attached hydrogen (secondary N) is 2. The van der Waals surface area contributed by atoms with Crippen LogP contribution in [0, 0.1) is 6.92 Å². The monoisotopic (exact) mass is 401 g/mol. The van der Waals surface area contributed by atoms with Crippen molar-refractivity contribution in [2.24, 2.45) is 0 Å². The number of esters is 1. The zero-order valence-electron chi connectivity index (χ0n) is 16.8. The van der Waals surface area contributed by atoms with Crippen LogP contribution in [0.5, 0.6) is 0 Å². The number of aryl methyl sites for hydroxylation is 1.